The van der Waals surface area contributed by atoms with Crippen molar-refractivity contribution in [2.45, 2.75) is 25.3 Å². The molecule has 0 spiro atoms. The van der Waals surface area contributed by atoms with Crippen LogP contribution in [0.5, 0.6) is 0 Å². The first kappa shape index (κ1) is 22.8. The fraction of sp³-hybridized carbons (Fsp3) is 0.500. The minimum absolute atomic E-state index is 0.0880. The van der Waals surface area contributed by atoms with Crippen LogP contribution in [0.2, 0.25) is 0 Å². The number of piperazine rings is 1. The first-order chi connectivity index (χ1) is 14.3. The lowest BCUT2D eigenvalue weighted by Gasteiger charge is -2.34. The standard InChI is InChI=1S/C20H28N4O4S2/c1-15-4-5-18(30(26,27)21-6-11-28-3)12-19(15)20(25)24-9-7-23(8-10-24)13-17-14-29-16(2)22-17/h4-5,12,14,21H,6-11,13H2,1-3H3. The topological polar surface area (TPSA) is 91.8 Å². The van der Waals surface area contributed by atoms with E-state index in [1.54, 1.807) is 22.3 Å². The second-order valence-corrected chi connectivity index (χ2v) is 10.1. The molecule has 0 atom stereocenters. The summed E-state index contributed by atoms with van der Waals surface area (Å²) in [6.45, 7) is 7.78. The number of aryl methyl sites for hydroxylation is 2. The van der Waals surface area contributed by atoms with E-state index in [0.717, 1.165) is 35.9 Å². The molecule has 0 bridgehead atoms. The number of ether oxygens (including phenoxy) is 1. The molecule has 1 aromatic heterocycles. The van der Waals surface area contributed by atoms with E-state index < -0.39 is 10.0 Å². The molecule has 0 radical (unpaired) electrons. The van der Waals surface area contributed by atoms with Crippen LogP contribution in [0.15, 0.2) is 28.5 Å². The van der Waals surface area contributed by atoms with Gasteiger partial charge in [-0.05, 0) is 31.5 Å². The van der Waals surface area contributed by atoms with Gasteiger partial charge in [-0.2, -0.15) is 0 Å². The third-order valence-corrected chi connectivity index (χ3v) is 7.34. The molecule has 1 aliphatic heterocycles. The summed E-state index contributed by atoms with van der Waals surface area (Å²) in [6.07, 6.45) is 0. The zero-order valence-electron chi connectivity index (χ0n) is 17.6. The van der Waals surface area contributed by atoms with Gasteiger partial charge in [-0.3, -0.25) is 9.69 Å². The summed E-state index contributed by atoms with van der Waals surface area (Å²) in [5, 5.41) is 3.13. The quantitative estimate of drug-likeness (QED) is 0.613. The Morgan fingerprint density at radius 3 is 2.60 bits per heavy atom. The molecule has 8 nitrogen and oxygen atoms in total. The molecule has 1 saturated heterocycles. The normalized spacial score (nSPS) is 15.5. The Kier molecular flexibility index (Phi) is 7.59. The number of thiazole rings is 1. The lowest BCUT2D eigenvalue weighted by atomic mass is 10.1. The molecule has 1 aliphatic rings. The van der Waals surface area contributed by atoms with Gasteiger partial charge >= 0.3 is 0 Å². The first-order valence-electron chi connectivity index (χ1n) is 9.82. The minimum atomic E-state index is -3.69. The lowest BCUT2D eigenvalue weighted by Crippen LogP contribution is -2.48. The number of rotatable bonds is 8. The number of hydrogen-bond acceptors (Lipinski definition) is 7. The SMILES string of the molecule is COCCNS(=O)(=O)c1ccc(C)c(C(=O)N2CCN(Cc3csc(C)n3)CC2)c1. The summed E-state index contributed by atoms with van der Waals surface area (Å²) >= 11 is 1.64. The summed E-state index contributed by atoms with van der Waals surface area (Å²) in [5.41, 5.74) is 2.25. The second kappa shape index (κ2) is 9.97. The molecule has 0 saturated carbocycles. The molecule has 10 heteroatoms. The molecule has 164 valence electrons. The molecule has 1 amide bonds. The van der Waals surface area contributed by atoms with Crippen molar-refractivity contribution in [3.05, 3.63) is 45.4 Å². The van der Waals surface area contributed by atoms with Crippen LogP contribution in [0.3, 0.4) is 0 Å². The predicted octanol–water partition coefficient (Wildman–Crippen LogP) is 1.64. The van der Waals surface area contributed by atoms with Crippen molar-refractivity contribution >= 4 is 27.3 Å². The molecule has 1 aromatic carbocycles. The summed E-state index contributed by atoms with van der Waals surface area (Å²) < 4.78 is 32.3. The van der Waals surface area contributed by atoms with Crippen LogP contribution in [-0.2, 0) is 21.3 Å². The van der Waals surface area contributed by atoms with Gasteiger partial charge in [0.1, 0.15) is 0 Å². The molecule has 3 rings (SSSR count). The third kappa shape index (κ3) is 5.64. The average Bonchev–Trinajstić information content (AvgIpc) is 3.13. The van der Waals surface area contributed by atoms with Crippen LogP contribution in [-0.4, -0.2) is 75.5 Å². The van der Waals surface area contributed by atoms with Gasteiger partial charge < -0.3 is 9.64 Å². The fourth-order valence-corrected chi connectivity index (χ4v) is 4.99. The smallest absolute Gasteiger partial charge is 0.254 e. The van der Waals surface area contributed by atoms with Crippen molar-refractivity contribution in [1.29, 1.82) is 0 Å². The maximum atomic E-state index is 13.1. The van der Waals surface area contributed by atoms with Crippen LogP contribution in [0.1, 0.15) is 26.6 Å². The lowest BCUT2D eigenvalue weighted by molar-refractivity contribution is 0.0626. The van der Waals surface area contributed by atoms with E-state index >= 15 is 0 Å². The zero-order valence-corrected chi connectivity index (χ0v) is 19.2. The Bertz CT molecular complexity index is 982. The van der Waals surface area contributed by atoms with E-state index in [2.05, 4.69) is 20.0 Å². The highest BCUT2D eigenvalue weighted by Crippen LogP contribution is 2.19. The van der Waals surface area contributed by atoms with Crippen LogP contribution in [0, 0.1) is 13.8 Å². The molecule has 1 fully saturated rings. The monoisotopic (exact) mass is 452 g/mol. The molecular weight excluding hydrogens is 424 g/mol. The molecule has 0 aliphatic carbocycles. The van der Waals surface area contributed by atoms with Crippen LogP contribution < -0.4 is 4.72 Å². The Balaban J connectivity index is 1.65. The Labute approximate surface area is 181 Å². The van der Waals surface area contributed by atoms with Gasteiger partial charge in [0.15, 0.2) is 0 Å². The third-order valence-electron chi connectivity index (χ3n) is 5.06. The van der Waals surface area contributed by atoms with Crippen molar-refractivity contribution < 1.29 is 17.9 Å². The molecule has 2 aromatic rings. The van der Waals surface area contributed by atoms with E-state index in [0.29, 0.717) is 18.7 Å². The largest absolute Gasteiger partial charge is 0.383 e. The number of nitrogens with one attached hydrogen (secondary N) is 1. The highest BCUT2D eigenvalue weighted by atomic mass is 32.2. The highest BCUT2D eigenvalue weighted by Gasteiger charge is 2.25. The zero-order chi connectivity index (χ0) is 21.7. The Morgan fingerprint density at radius 2 is 1.97 bits per heavy atom. The minimum Gasteiger partial charge on any atom is -0.383 e. The average molecular weight is 453 g/mol. The maximum Gasteiger partial charge on any atom is 0.254 e. The van der Waals surface area contributed by atoms with E-state index in [4.69, 9.17) is 4.74 Å². The van der Waals surface area contributed by atoms with Gasteiger partial charge in [0.2, 0.25) is 10.0 Å². The number of aromatic nitrogens is 1. The molecule has 2 heterocycles. The Morgan fingerprint density at radius 1 is 1.23 bits per heavy atom. The van der Waals surface area contributed by atoms with E-state index in [1.807, 2.05) is 13.8 Å². The summed E-state index contributed by atoms with van der Waals surface area (Å²) in [4.78, 5) is 21.8. The highest BCUT2D eigenvalue weighted by molar-refractivity contribution is 7.89. The maximum absolute atomic E-state index is 13.1. The van der Waals surface area contributed by atoms with Crippen molar-refractivity contribution in [2.24, 2.45) is 0 Å². The van der Waals surface area contributed by atoms with E-state index in [-0.39, 0.29) is 24.0 Å². The number of sulfonamides is 1. The number of methoxy groups -OCH3 is 1. The summed E-state index contributed by atoms with van der Waals surface area (Å²) in [6, 6.07) is 4.67. The van der Waals surface area contributed by atoms with Gasteiger partial charge in [0.25, 0.3) is 5.91 Å². The number of nitrogens with zero attached hydrogens (tertiary/aromatic N) is 3. The fourth-order valence-electron chi connectivity index (χ4n) is 3.35. The van der Waals surface area contributed by atoms with Gasteiger partial charge in [0, 0.05) is 57.3 Å². The summed E-state index contributed by atoms with van der Waals surface area (Å²) in [7, 11) is -2.18. The Hall–Kier alpha value is -1.85. The van der Waals surface area contributed by atoms with Crippen LogP contribution >= 0.6 is 11.3 Å². The van der Waals surface area contributed by atoms with Crippen molar-refractivity contribution in [3.8, 4) is 0 Å². The van der Waals surface area contributed by atoms with Gasteiger partial charge in [-0.1, -0.05) is 6.07 Å². The molecule has 0 unspecified atom stereocenters. The van der Waals surface area contributed by atoms with E-state index in [1.165, 1.54) is 19.2 Å². The number of amides is 1. The number of hydrogen-bond donors (Lipinski definition) is 1. The first-order valence-corrected chi connectivity index (χ1v) is 12.2. The van der Waals surface area contributed by atoms with Gasteiger partial charge in [0.05, 0.1) is 22.2 Å². The van der Waals surface area contributed by atoms with Crippen molar-refractivity contribution in [3.63, 3.8) is 0 Å². The van der Waals surface area contributed by atoms with E-state index in [9.17, 15) is 13.2 Å². The molecule has 30 heavy (non-hydrogen) atoms. The molecule has 1 N–H and O–H groups in total. The number of benzene rings is 1. The van der Waals surface area contributed by atoms with Crippen molar-refractivity contribution in [1.82, 2.24) is 19.5 Å². The molecular formula is C20H28N4O4S2. The van der Waals surface area contributed by atoms with Gasteiger partial charge in [-0.25, -0.2) is 18.1 Å². The van der Waals surface area contributed by atoms with Crippen LogP contribution in [0.25, 0.3) is 0 Å². The second-order valence-electron chi connectivity index (χ2n) is 7.29. The number of carbonyl (C=O) groups excluding carboxylic acids is 1. The van der Waals surface area contributed by atoms with Crippen molar-refractivity contribution in [2.75, 3.05) is 46.4 Å². The van der Waals surface area contributed by atoms with Gasteiger partial charge in [-0.15, -0.1) is 11.3 Å². The van der Waals surface area contributed by atoms with Crippen LogP contribution in [0.4, 0.5) is 0 Å². The summed E-state index contributed by atoms with van der Waals surface area (Å²) in [5.74, 6) is -0.134. The predicted molar refractivity (Wildman–Crippen MR) is 116 cm³/mol. The number of carbonyl (C=O) groups is 1.